The van der Waals surface area contributed by atoms with Gasteiger partial charge in [0, 0.05) is 12.6 Å². The number of hydrogen-bond donors (Lipinski definition) is 2. The van der Waals surface area contributed by atoms with Crippen LogP contribution in [0.5, 0.6) is 17.2 Å². The highest BCUT2D eigenvalue weighted by Gasteiger charge is 2.15. The smallest absolute Gasteiger partial charge is 0.191 e. The van der Waals surface area contributed by atoms with Crippen LogP contribution in [0, 0.1) is 0 Å². The minimum atomic E-state index is -0.0217. The first kappa shape index (κ1) is 20.4. The van der Waals surface area contributed by atoms with Gasteiger partial charge in [-0.3, -0.25) is 4.99 Å². The van der Waals surface area contributed by atoms with Crippen molar-refractivity contribution in [1.82, 2.24) is 10.6 Å². The summed E-state index contributed by atoms with van der Waals surface area (Å²) in [5, 5.41) is 6.67. The second kappa shape index (κ2) is 10.3. The summed E-state index contributed by atoms with van der Waals surface area (Å²) in [6, 6.07) is 15.5. The molecule has 2 atom stereocenters. The molecule has 0 aliphatic rings. The predicted octanol–water partition coefficient (Wildman–Crippen LogP) is 3.40. The molecule has 6 heteroatoms. The Balaban J connectivity index is 1.94. The van der Waals surface area contributed by atoms with E-state index >= 15 is 0 Å². The van der Waals surface area contributed by atoms with Gasteiger partial charge >= 0.3 is 0 Å². The van der Waals surface area contributed by atoms with Crippen LogP contribution >= 0.6 is 0 Å². The molecular formula is C21H29N3O3. The number of aliphatic imine (C=N–C) groups is 1. The van der Waals surface area contributed by atoms with Crippen molar-refractivity contribution in [3.63, 3.8) is 0 Å². The molecule has 0 aromatic heterocycles. The first-order valence-electron chi connectivity index (χ1n) is 8.98. The monoisotopic (exact) mass is 371 g/mol. The molecule has 2 rings (SSSR count). The van der Waals surface area contributed by atoms with Crippen molar-refractivity contribution in [2.24, 2.45) is 4.99 Å². The normalized spacial score (nSPS) is 13.4. The highest BCUT2D eigenvalue weighted by Crippen LogP contribution is 2.29. The number of para-hydroxylation sites is 1. The zero-order chi connectivity index (χ0) is 19.6. The second-order valence-electron chi connectivity index (χ2n) is 6.17. The Bertz CT molecular complexity index is 735. The predicted molar refractivity (Wildman–Crippen MR) is 109 cm³/mol. The Kier molecular flexibility index (Phi) is 7.79. The average molecular weight is 371 g/mol. The maximum atomic E-state index is 5.88. The van der Waals surface area contributed by atoms with Gasteiger partial charge in [-0.05, 0) is 44.2 Å². The summed E-state index contributed by atoms with van der Waals surface area (Å²) in [5.41, 5.74) is 0.994. The number of rotatable bonds is 8. The molecule has 2 aromatic carbocycles. The van der Waals surface area contributed by atoms with Gasteiger partial charge in [-0.25, -0.2) is 0 Å². The standard InChI is InChI=1S/C21H29N3O3/c1-15(27-17-9-7-6-8-10-17)14-23-21(22-3)24-16(2)19-13-18(25-4)11-12-20(19)26-5/h6-13,15-16H,14H2,1-5H3,(H2,22,23,24). The maximum Gasteiger partial charge on any atom is 0.191 e. The van der Waals surface area contributed by atoms with E-state index in [1.165, 1.54) is 0 Å². The zero-order valence-electron chi connectivity index (χ0n) is 16.7. The van der Waals surface area contributed by atoms with Crippen LogP contribution in [0.3, 0.4) is 0 Å². The number of methoxy groups -OCH3 is 2. The van der Waals surface area contributed by atoms with Crippen molar-refractivity contribution in [3.05, 3.63) is 54.1 Å². The number of nitrogens with zero attached hydrogens (tertiary/aromatic N) is 1. The summed E-state index contributed by atoms with van der Waals surface area (Å²) in [6.45, 7) is 4.69. The van der Waals surface area contributed by atoms with E-state index < -0.39 is 0 Å². The van der Waals surface area contributed by atoms with Gasteiger partial charge in [-0.2, -0.15) is 0 Å². The molecule has 0 aliphatic carbocycles. The molecule has 0 saturated heterocycles. The fourth-order valence-electron chi connectivity index (χ4n) is 2.67. The van der Waals surface area contributed by atoms with Crippen molar-refractivity contribution < 1.29 is 14.2 Å². The highest BCUT2D eigenvalue weighted by atomic mass is 16.5. The van der Waals surface area contributed by atoms with E-state index in [1.54, 1.807) is 21.3 Å². The summed E-state index contributed by atoms with van der Waals surface area (Å²) in [5.74, 6) is 3.12. The third-order valence-electron chi connectivity index (χ3n) is 4.12. The third kappa shape index (κ3) is 6.09. The number of benzene rings is 2. The summed E-state index contributed by atoms with van der Waals surface area (Å²) in [6.07, 6.45) is -0.00684. The molecule has 2 N–H and O–H groups in total. The molecule has 146 valence electrons. The first-order chi connectivity index (χ1) is 13.1. The topological polar surface area (TPSA) is 64.1 Å². The van der Waals surface area contributed by atoms with Gasteiger partial charge in [0.15, 0.2) is 5.96 Å². The molecular weight excluding hydrogens is 342 g/mol. The summed E-state index contributed by atoms with van der Waals surface area (Å²) >= 11 is 0. The fourth-order valence-corrected chi connectivity index (χ4v) is 2.67. The lowest BCUT2D eigenvalue weighted by atomic mass is 10.1. The molecule has 0 heterocycles. The Hall–Kier alpha value is -2.89. The van der Waals surface area contributed by atoms with Crippen LogP contribution in [0.4, 0.5) is 0 Å². The van der Waals surface area contributed by atoms with Gasteiger partial charge in [-0.15, -0.1) is 0 Å². The van der Waals surface area contributed by atoms with E-state index in [0.29, 0.717) is 12.5 Å². The molecule has 27 heavy (non-hydrogen) atoms. The Labute approximate surface area is 161 Å². The Morgan fingerprint density at radius 1 is 1.00 bits per heavy atom. The van der Waals surface area contributed by atoms with E-state index in [2.05, 4.69) is 15.6 Å². The molecule has 2 aromatic rings. The molecule has 6 nitrogen and oxygen atoms in total. The van der Waals surface area contributed by atoms with Gasteiger partial charge in [-0.1, -0.05) is 18.2 Å². The van der Waals surface area contributed by atoms with Crippen LogP contribution in [0.25, 0.3) is 0 Å². The summed E-state index contributed by atoms with van der Waals surface area (Å²) in [4.78, 5) is 4.30. The van der Waals surface area contributed by atoms with Crippen molar-refractivity contribution in [2.75, 3.05) is 27.8 Å². The molecule has 0 aliphatic heterocycles. The summed E-state index contributed by atoms with van der Waals surface area (Å²) in [7, 11) is 5.06. The average Bonchev–Trinajstić information content (AvgIpc) is 2.71. The van der Waals surface area contributed by atoms with Crippen LogP contribution in [0.1, 0.15) is 25.5 Å². The number of ether oxygens (including phenoxy) is 3. The molecule has 0 bridgehead atoms. The molecule has 0 radical (unpaired) electrons. The van der Waals surface area contributed by atoms with Gasteiger partial charge in [0.05, 0.1) is 26.8 Å². The van der Waals surface area contributed by atoms with Crippen molar-refractivity contribution in [1.29, 1.82) is 0 Å². The summed E-state index contributed by atoms with van der Waals surface area (Å²) < 4.78 is 16.7. The largest absolute Gasteiger partial charge is 0.497 e. The Morgan fingerprint density at radius 2 is 1.74 bits per heavy atom. The van der Waals surface area contributed by atoms with E-state index in [-0.39, 0.29) is 12.1 Å². The maximum absolute atomic E-state index is 5.88. The van der Waals surface area contributed by atoms with E-state index in [4.69, 9.17) is 14.2 Å². The van der Waals surface area contributed by atoms with Crippen molar-refractivity contribution in [2.45, 2.75) is 26.0 Å². The fraction of sp³-hybridized carbons (Fsp3) is 0.381. The van der Waals surface area contributed by atoms with E-state index in [0.717, 1.165) is 22.8 Å². The van der Waals surface area contributed by atoms with Crippen molar-refractivity contribution in [3.8, 4) is 17.2 Å². The zero-order valence-corrected chi connectivity index (χ0v) is 16.7. The number of hydrogen-bond acceptors (Lipinski definition) is 4. The number of guanidine groups is 1. The van der Waals surface area contributed by atoms with Crippen LogP contribution in [0.2, 0.25) is 0 Å². The minimum Gasteiger partial charge on any atom is -0.497 e. The van der Waals surface area contributed by atoms with Crippen LogP contribution in [-0.2, 0) is 0 Å². The van der Waals surface area contributed by atoms with Crippen LogP contribution in [0.15, 0.2) is 53.5 Å². The number of nitrogens with one attached hydrogen (secondary N) is 2. The molecule has 0 fully saturated rings. The lowest BCUT2D eigenvalue weighted by molar-refractivity contribution is 0.223. The molecule has 0 spiro atoms. The minimum absolute atomic E-state index is 0.00684. The van der Waals surface area contributed by atoms with Crippen molar-refractivity contribution >= 4 is 5.96 Å². The van der Waals surface area contributed by atoms with E-state index in [9.17, 15) is 0 Å². The SMILES string of the molecule is CN=C(NCC(C)Oc1ccccc1)NC(C)c1cc(OC)ccc1OC. The van der Waals surface area contributed by atoms with Crippen LogP contribution in [-0.4, -0.2) is 39.9 Å². The molecule has 0 saturated carbocycles. The molecule has 0 amide bonds. The van der Waals surface area contributed by atoms with Gasteiger partial charge < -0.3 is 24.8 Å². The lowest BCUT2D eigenvalue weighted by Gasteiger charge is -2.22. The highest BCUT2D eigenvalue weighted by molar-refractivity contribution is 5.80. The molecule has 2 unspecified atom stereocenters. The quantitative estimate of drug-likeness (QED) is 0.550. The first-order valence-corrected chi connectivity index (χ1v) is 8.98. The van der Waals surface area contributed by atoms with Gasteiger partial charge in [0.2, 0.25) is 0 Å². The Morgan fingerprint density at radius 3 is 2.37 bits per heavy atom. The third-order valence-corrected chi connectivity index (χ3v) is 4.12. The van der Waals surface area contributed by atoms with Gasteiger partial charge in [0.25, 0.3) is 0 Å². The lowest BCUT2D eigenvalue weighted by Crippen LogP contribution is -2.42. The van der Waals surface area contributed by atoms with Gasteiger partial charge in [0.1, 0.15) is 23.4 Å². The second-order valence-corrected chi connectivity index (χ2v) is 6.17. The van der Waals surface area contributed by atoms with E-state index in [1.807, 2.05) is 62.4 Å². The van der Waals surface area contributed by atoms with Crippen LogP contribution < -0.4 is 24.8 Å².